The van der Waals surface area contributed by atoms with Crippen molar-refractivity contribution >= 4 is 6.03 Å². The third-order valence-electron chi connectivity index (χ3n) is 3.63. The number of carbonyl (C=O) groups excluding carboxylic acids is 1. The topological polar surface area (TPSA) is 50.2 Å². The Labute approximate surface area is 129 Å². The van der Waals surface area contributed by atoms with Crippen LogP contribution in [-0.4, -0.2) is 27.0 Å². The maximum absolute atomic E-state index is 12.9. The third-order valence-corrected chi connectivity index (χ3v) is 3.63. The molecule has 2 aromatic rings. The molecule has 6 heteroatoms. The summed E-state index contributed by atoms with van der Waals surface area (Å²) in [5, 5.41) is 2.93. The summed E-state index contributed by atoms with van der Waals surface area (Å²) >= 11 is 0. The van der Waals surface area contributed by atoms with Gasteiger partial charge in [0.25, 0.3) is 0 Å². The number of nitrogens with one attached hydrogen (secondary N) is 1. The lowest BCUT2D eigenvalue weighted by Gasteiger charge is -2.24. The lowest BCUT2D eigenvalue weighted by Crippen LogP contribution is -2.41. The van der Waals surface area contributed by atoms with Gasteiger partial charge in [0.2, 0.25) is 0 Å². The van der Waals surface area contributed by atoms with Crippen LogP contribution in [0.2, 0.25) is 0 Å². The monoisotopic (exact) mass is 304 g/mol. The van der Waals surface area contributed by atoms with Gasteiger partial charge in [0.05, 0.1) is 12.6 Å². The second-order valence-electron chi connectivity index (χ2n) is 5.19. The van der Waals surface area contributed by atoms with Crippen LogP contribution in [0.3, 0.4) is 0 Å². The lowest BCUT2D eigenvalue weighted by molar-refractivity contribution is 0.193. The molecule has 22 heavy (non-hydrogen) atoms. The zero-order chi connectivity index (χ0) is 16.1. The number of benzene rings is 1. The quantitative estimate of drug-likeness (QED) is 0.923. The Morgan fingerprint density at radius 1 is 1.41 bits per heavy atom. The van der Waals surface area contributed by atoms with Crippen molar-refractivity contribution in [2.45, 2.75) is 26.4 Å². The van der Waals surface area contributed by atoms with Crippen LogP contribution in [0.25, 0.3) is 0 Å². The van der Waals surface area contributed by atoms with E-state index in [1.165, 1.54) is 12.1 Å². The smallest absolute Gasteiger partial charge is 0.318 e. The van der Waals surface area contributed by atoms with E-state index < -0.39 is 0 Å². The second kappa shape index (κ2) is 7.06. The molecular formula is C16H21FN4O. The number of nitrogens with zero attached hydrogens (tertiary/aromatic N) is 3. The van der Waals surface area contributed by atoms with E-state index >= 15 is 0 Å². The van der Waals surface area contributed by atoms with Gasteiger partial charge in [-0.1, -0.05) is 12.1 Å². The van der Waals surface area contributed by atoms with Crippen LogP contribution in [-0.2, 0) is 13.6 Å². The summed E-state index contributed by atoms with van der Waals surface area (Å²) in [6.07, 6.45) is 3.56. The van der Waals surface area contributed by atoms with Crippen molar-refractivity contribution in [2.24, 2.45) is 7.05 Å². The minimum Gasteiger partial charge on any atom is -0.337 e. The molecule has 5 nitrogen and oxygen atoms in total. The first-order valence-corrected chi connectivity index (χ1v) is 7.28. The van der Waals surface area contributed by atoms with E-state index in [0.29, 0.717) is 13.1 Å². The SMILES string of the molecule is CCN(Cc1nccn1C)C(=O)N[C@H](C)c1ccc(F)cc1. The Bertz CT molecular complexity index is 623. The Balaban J connectivity index is 1.99. The molecule has 1 N–H and O–H groups in total. The molecule has 2 rings (SSSR count). The normalized spacial score (nSPS) is 12.0. The molecule has 0 unspecified atom stereocenters. The zero-order valence-corrected chi connectivity index (χ0v) is 13.1. The van der Waals surface area contributed by atoms with Gasteiger partial charge in [0.1, 0.15) is 11.6 Å². The molecule has 0 aliphatic heterocycles. The molecule has 0 aliphatic carbocycles. The number of rotatable bonds is 5. The molecule has 1 aromatic heterocycles. The van der Waals surface area contributed by atoms with Gasteiger partial charge < -0.3 is 14.8 Å². The molecule has 0 fully saturated rings. The predicted octanol–water partition coefficient (Wildman–Crippen LogP) is 2.85. The average Bonchev–Trinajstić information content (AvgIpc) is 2.90. The van der Waals surface area contributed by atoms with Gasteiger partial charge in [0.15, 0.2) is 0 Å². The third kappa shape index (κ3) is 3.84. The van der Waals surface area contributed by atoms with Gasteiger partial charge in [-0.05, 0) is 31.5 Å². The fourth-order valence-corrected chi connectivity index (χ4v) is 2.16. The Kier molecular flexibility index (Phi) is 5.14. The Hall–Kier alpha value is -2.37. The fourth-order valence-electron chi connectivity index (χ4n) is 2.16. The van der Waals surface area contributed by atoms with Crippen LogP contribution in [0.4, 0.5) is 9.18 Å². The van der Waals surface area contributed by atoms with Gasteiger partial charge in [-0.15, -0.1) is 0 Å². The fraction of sp³-hybridized carbons (Fsp3) is 0.375. The van der Waals surface area contributed by atoms with Crippen LogP contribution in [0, 0.1) is 5.82 Å². The molecule has 2 amide bonds. The lowest BCUT2D eigenvalue weighted by atomic mass is 10.1. The van der Waals surface area contributed by atoms with Gasteiger partial charge >= 0.3 is 6.03 Å². The number of amides is 2. The van der Waals surface area contributed by atoms with E-state index in [9.17, 15) is 9.18 Å². The first-order chi connectivity index (χ1) is 10.5. The standard InChI is InChI=1S/C16H21FN4O/c1-4-21(11-15-18-9-10-20(15)3)16(22)19-12(2)13-5-7-14(17)8-6-13/h5-10,12H,4,11H2,1-3H3,(H,19,22)/t12-/m1/s1. The zero-order valence-electron chi connectivity index (χ0n) is 13.1. The number of urea groups is 1. The molecule has 1 atom stereocenters. The maximum Gasteiger partial charge on any atom is 0.318 e. The van der Waals surface area contributed by atoms with E-state index in [-0.39, 0.29) is 17.9 Å². The van der Waals surface area contributed by atoms with Crippen molar-refractivity contribution in [3.8, 4) is 0 Å². The van der Waals surface area contributed by atoms with Crippen LogP contribution in [0.5, 0.6) is 0 Å². The molecule has 0 saturated heterocycles. The largest absolute Gasteiger partial charge is 0.337 e. The molecule has 118 valence electrons. The first kappa shape index (κ1) is 16.0. The summed E-state index contributed by atoms with van der Waals surface area (Å²) in [6.45, 7) is 4.82. The molecule has 0 spiro atoms. The molecule has 1 aromatic carbocycles. The van der Waals surface area contributed by atoms with Crippen molar-refractivity contribution in [2.75, 3.05) is 6.54 Å². The average molecular weight is 304 g/mol. The molecule has 0 aliphatic rings. The number of hydrogen-bond donors (Lipinski definition) is 1. The van der Waals surface area contributed by atoms with E-state index in [0.717, 1.165) is 11.4 Å². The second-order valence-corrected chi connectivity index (χ2v) is 5.19. The van der Waals surface area contributed by atoms with Gasteiger partial charge in [0, 0.05) is 26.0 Å². The van der Waals surface area contributed by atoms with Crippen molar-refractivity contribution in [1.29, 1.82) is 0 Å². The predicted molar refractivity (Wildman–Crippen MR) is 82.6 cm³/mol. The van der Waals surface area contributed by atoms with Crippen molar-refractivity contribution in [3.05, 3.63) is 53.9 Å². The number of carbonyl (C=O) groups is 1. The number of aromatic nitrogens is 2. The molecule has 0 saturated carbocycles. The molecule has 0 radical (unpaired) electrons. The summed E-state index contributed by atoms with van der Waals surface area (Å²) in [7, 11) is 1.90. The highest BCUT2D eigenvalue weighted by molar-refractivity contribution is 5.74. The van der Waals surface area contributed by atoms with Gasteiger partial charge in [-0.2, -0.15) is 0 Å². The van der Waals surface area contributed by atoms with Crippen LogP contribution in [0.15, 0.2) is 36.7 Å². The number of aryl methyl sites for hydroxylation is 1. The van der Waals surface area contributed by atoms with E-state index in [1.807, 2.05) is 31.7 Å². The summed E-state index contributed by atoms with van der Waals surface area (Å²) < 4.78 is 14.8. The van der Waals surface area contributed by atoms with Gasteiger partial charge in [-0.3, -0.25) is 0 Å². The summed E-state index contributed by atoms with van der Waals surface area (Å²) in [5.74, 6) is 0.540. The Morgan fingerprint density at radius 2 is 2.09 bits per heavy atom. The van der Waals surface area contributed by atoms with Crippen LogP contribution < -0.4 is 5.32 Å². The number of hydrogen-bond acceptors (Lipinski definition) is 2. The maximum atomic E-state index is 12.9. The van der Waals surface area contributed by atoms with Crippen LogP contribution >= 0.6 is 0 Å². The van der Waals surface area contributed by atoms with Crippen molar-refractivity contribution in [3.63, 3.8) is 0 Å². The van der Waals surface area contributed by atoms with Crippen molar-refractivity contribution in [1.82, 2.24) is 19.8 Å². The van der Waals surface area contributed by atoms with E-state index in [2.05, 4.69) is 10.3 Å². The number of halogens is 1. The summed E-state index contributed by atoms with van der Waals surface area (Å²) in [4.78, 5) is 18.3. The minimum absolute atomic E-state index is 0.165. The first-order valence-electron chi connectivity index (χ1n) is 7.28. The Morgan fingerprint density at radius 3 is 2.64 bits per heavy atom. The van der Waals surface area contributed by atoms with E-state index in [4.69, 9.17) is 0 Å². The minimum atomic E-state index is -0.285. The van der Waals surface area contributed by atoms with E-state index in [1.54, 1.807) is 23.2 Å². The van der Waals surface area contributed by atoms with Crippen LogP contribution in [0.1, 0.15) is 31.3 Å². The van der Waals surface area contributed by atoms with Crippen molar-refractivity contribution < 1.29 is 9.18 Å². The highest BCUT2D eigenvalue weighted by atomic mass is 19.1. The number of imidazole rings is 1. The summed E-state index contributed by atoms with van der Waals surface area (Å²) in [5.41, 5.74) is 0.864. The summed E-state index contributed by atoms with van der Waals surface area (Å²) in [6, 6.07) is 5.78. The molecular weight excluding hydrogens is 283 g/mol. The highest BCUT2D eigenvalue weighted by Crippen LogP contribution is 2.13. The molecule has 0 bridgehead atoms. The van der Waals surface area contributed by atoms with Gasteiger partial charge in [-0.25, -0.2) is 14.2 Å². The molecule has 1 heterocycles. The highest BCUT2D eigenvalue weighted by Gasteiger charge is 2.17.